The third kappa shape index (κ3) is 2.81. The highest BCUT2D eigenvalue weighted by Crippen LogP contribution is 2.19. The van der Waals surface area contributed by atoms with E-state index in [1.54, 1.807) is 21.0 Å². The van der Waals surface area contributed by atoms with Gasteiger partial charge in [-0.1, -0.05) is 18.2 Å². The third-order valence-corrected chi connectivity index (χ3v) is 3.50. The summed E-state index contributed by atoms with van der Waals surface area (Å²) < 4.78 is 6.72. The maximum absolute atomic E-state index is 12.2. The van der Waals surface area contributed by atoms with Crippen LogP contribution in [0.5, 0.6) is 5.75 Å². The molecule has 1 aromatic heterocycles. The van der Waals surface area contributed by atoms with Crippen LogP contribution < -0.4 is 10.3 Å². The van der Waals surface area contributed by atoms with Crippen LogP contribution in [0.2, 0.25) is 0 Å². The zero-order chi connectivity index (χ0) is 15.6. The average molecular weight is 287 g/mol. The van der Waals surface area contributed by atoms with Crippen molar-refractivity contribution in [3.63, 3.8) is 0 Å². The van der Waals surface area contributed by atoms with E-state index in [0.29, 0.717) is 17.0 Å². The molecule has 5 heteroatoms. The molecule has 0 aliphatic rings. The molecule has 0 amide bonds. The van der Waals surface area contributed by atoms with Crippen molar-refractivity contribution in [3.05, 3.63) is 63.1 Å². The first-order valence-corrected chi connectivity index (χ1v) is 6.52. The number of rotatable bonds is 4. The summed E-state index contributed by atoms with van der Waals surface area (Å²) in [5.41, 5.74) is 1.69. The summed E-state index contributed by atoms with van der Waals surface area (Å²) in [4.78, 5) is 23.5. The molecule has 2 aromatic rings. The number of hydrogen-bond donors (Lipinski definition) is 1. The van der Waals surface area contributed by atoms with Crippen LogP contribution in [-0.4, -0.2) is 22.8 Å². The fraction of sp³-hybridized carbons (Fsp3) is 0.250. The predicted octanol–water partition coefficient (Wildman–Crippen LogP) is 2.22. The van der Waals surface area contributed by atoms with E-state index in [2.05, 4.69) is 0 Å². The Morgan fingerprint density at radius 1 is 1.29 bits per heavy atom. The summed E-state index contributed by atoms with van der Waals surface area (Å²) in [5.74, 6) is -0.361. The first-order valence-electron chi connectivity index (χ1n) is 6.52. The van der Waals surface area contributed by atoms with Crippen LogP contribution in [-0.2, 0) is 6.54 Å². The number of hydrogen-bond acceptors (Lipinski definition) is 3. The van der Waals surface area contributed by atoms with Crippen LogP contribution in [0.25, 0.3) is 0 Å². The molecule has 1 aromatic carbocycles. The largest absolute Gasteiger partial charge is 0.496 e. The lowest BCUT2D eigenvalue weighted by molar-refractivity contribution is 0.0694. The second-order valence-corrected chi connectivity index (χ2v) is 4.83. The van der Waals surface area contributed by atoms with Crippen LogP contribution in [0, 0.1) is 13.8 Å². The minimum Gasteiger partial charge on any atom is -0.496 e. The van der Waals surface area contributed by atoms with Gasteiger partial charge in [-0.2, -0.15) is 0 Å². The van der Waals surface area contributed by atoms with Crippen molar-refractivity contribution in [2.75, 3.05) is 7.11 Å². The van der Waals surface area contributed by atoms with Crippen molar-refractivity contribution in [2.45, 2.75) is 20.4 Å². The molecular weight excluding hydrogens is 270 g/mol. The van der Waals surface area contributed by atoms with Gasteiger partial charge in [0.25, 0.3) is 5.56 Å². The van der Waals surface area contributed by atoms with Crippen molar-refractivity contribution in [1.29, 1.82) is 0 Å². The third-order valence-electron chi connectivity index (χ3n) is 3.50. The molecule has 1 N–H and O–H groups in total. The normalized spacial score (nSPS) is 10.4. The van der Waals surface area contributed by atoms with Crippen LogP contribution in [0.15, 0.2) is 35.1 Å². The Bertz CT molecular complexity index is 746. The first-order chi connectivity index (χ1) is 9.95. The maximum atomic E-state index is 12.2. The molecule has 2 rings (SSSR count). The van der Waals surface area contributed by atoms with E-state index in [-0.39, 0.29) is 17.7 Å². The van der Waals surface area contributed by atoms with E-state index < -0.39 is 5.97 Å². The molecular formula is C16H17NO4. The van der Waals surface area contributed by atoms with Gasteiger partial charge in [-0.05, 0) is 25.5 Å². The van der Waals surface area contributed by atoms with Gasteiger partial charge in [-0.15, -0.1) is 0 Å². The van der Waals surface area contributed by atoms with Crippen LogP contribution in [0.3, 0.4) is 0 Å². The molecule has 0 aliphatic heterocycles. The lowest BCUT2D eigenvalue weighted by Crippen LogP contribution is -2.26. The summed E-state index contributed by atoms with van der Waals surface area (Å²) in [6, 6.07) is 8.71. The zero-order valence-electron chi connectivity index (χ0n) is 12.2. The standard InChI is InChI=1S/C16H17NO4/c1-10-8-14(18)17(11(2)15(10)16(19)20)9-12-6-4-5-7-13(12)21-3/h4-8H,9H2,1-3H3,(H,19,20). The Labute approximate surface area is 122 Å². The van der Waals surface area contributed by atoms with Gasteiger partial charge in [0.05, 0.1) is 19.2 Å². The van der Waals surface area contributed by atoms with Crippen molar-refractivity contribution >= 4 is 5.97 Å². The summed E-state index contributed by atoms with van der Waals surface area (Å²) in [7, 11) is 1.56. The Hall–Kier alpha value is -2.56. The maximum Gasteiger partial charge on any atom is 0.337 e. The smallest absolute Gasteiger partial charge is 0.337 e. The predicted molar refractivity (Wildman–Crippen MR) is 79.2 cm³/mol. The minimum absolute atomic E-state index is 0.171. The quantitative estimate of drug-likeness (QED) is 0.936. The number of carboxylic acids is 1. The topological polar surface area (TPSA) is 68.5 Å². The zero-order valence-corrected chi connectivity index (χ0v) is 12.2. The monoisotopic (exact) mass is 287 g/mol. The Morgan fingerprint density at radius 2 is 1.95 bits per heavy atom. The van der Waals surface area contributed by atoms with Crippen molar-refractivity contribution in [3.8, 4) is 5.75 Å². The molecule has 0 fully saturated rings. The number of para-hydroxylation sites is 1. The second kappa shape index (κ2) is 5.83. The van der Waals surface area contributed by atoms with Gasteiger partial charge >= 0.3 is 5.97 Å². The van der Waals surface area contributed by atoms with Gasteiger partial charge in [0.15, 0.2) is 0 Å². The summed E-state index contributed by atoms with van der Waals surface area (Å²) >= 11 is 0. The Kier molecular flexibility index (Phi) is 4.12. The van der Waals surface area contributed by atoms with Gasteiger partial charge in [0.1, 0.15) is 5.75 Å². The number of benzene rings is 1. The van der Waals surface area contributed by atoms with Gasteiger partial charge < -0.3 is 14.4 Å². The molecule has 0 unspecified atom stereocenters. The fourth-order valence-electron chi connectivity index (χ4n) is 2.44. The van der Waals surface area contributed by atoms with Crippen LogP contribution >= 0.6 is 0 Å². The van der Waals surface area contributed by atoms with Gasteiger partial charge in [0.2, 0.25) is 0 Å². The molecule has 110 valence electrons. The lowest BCUT2D eigenvalue weighted by Gasteiger charge is -2.15. The average Bonchev–Trinajstić information content (AvgIpc) is 2.43. The van der Waals surface area contributed by atoms with Gasteiger partial charge in [-0.25, -0.2) is 4.79 Å². The molecule has 0 spiro atoms. The number of nitrogens with zero attached hydrogens (tertiary/aromatic N) is 1. The number of aryl methyl sites for hydroxylation is 1. The molecule has 0 aliphatic carbocycles. The number of ether oxygens (including phenoxy) is 1. The van der Waals surface area contributed by atoms with Crippen LogP contribution in [0.1, 0.15) is 27.2 Å². The number of carboxylic acid groups (broad SMARTS) is 1. The van der Waals surface area contributed by atoms with Crippen LogP contribution in [0.4, 0.5) is 0 Å². The number of aromatic carboxylic acids is 1. The first kappa shape index (κ1) is 14.8. The van der Waals surface area contributed by atoms with E-state index in [1.165, 1.54) is 10.6 Å². The summed E-state index contributed by atoms with van der Waals surface area (Å²) in [5, 5.41) is 9.29. The lowest BCUT2D eigenvalue weighted by atomic mass is 10.1. The van der Waals surface area contributed by atoms with Crippen molar-refractivity contribution in [2.24, 2.45) is 0 Å². The van der Waals surface area contributed by atoms with E-state index in [4.69, 9.17) is 4.74 Å². The summed E-state index contributed by atoms with van der Waals surface area (Å²) in [6.45, 7) is 3.55. The SMILES string of the molecule is COc1ccccc1Cn1c(C)c(C(=O)O)c(C)cc1=O. The Morgan fingerprint density at radius 3 is 2.57 bits per heavy atom. The second-order valence-electron chi connectivity index (χ2n) is 4.83. The number of methoxy groups -OCH3 is 1. The number of carbonyl (C=O) groups is 1. The van der Waals surface area contributed by atoms with Gasteiger partial charge in [-0.3, -0.25) is 4.79 Å². The molecule has 0 radical (unpaired) electrons. The summed E-state index contributed by atoms with van der Waals surface area (Å²) in [6.07, 6.45) is 0. The molecule has 0 saturated carbocycles. The minimum atomic E-state index is -1.03. The van der Waals surface area contributed by atoms with E-state index in [0.717, 1.165) is 5.56 Å². The number of pyridine rings is 1. The van der Waals surface area contributed by atoms with Crippen molar-refractivity contribution < 1.29 is 14.6 Å². The molecule has 0 saturated heterocycles. The van der Waals surface area contributed by atoms with E-state index in [9.17, 15) is 14.7 Å². The van der Waals surface area contributed by atoms with E-state index in [1.807, 2.05) is 24.3 Å². The molecule has 0 bridgehead atoms. The molecule has 0 atom stereocenters. The highest BCUT2D eigenvalue weighted by Gasteiger charge is 2.16. The van der Waals surface area contributed by atoms with Crippen molar-refractivity contribution in [1.82, 2.24) is 4.57 Å². The molecule has 5 nitrogen and oxygen atoms in total. The van der Waals surface area contributed by atoms with E-state index >= 15 is 0 Å². The highest BCUT2D eigenvalue weighted by molar-refractivity contribution is 5.90. The molecule has 21 heavy (non-hydrogen) atoms. The number of aromatic nitrogens is 1. The Balaban J connectivity index is 2.57. The van der Waals surface area contributed by atoms with Gasteiger partial charge in [0, 0.05) is 17.3 Å². The fourth-order valence-corrected chi connectivity index (χ4v) is 2.44. The molecule has 1 heterocycles. The highest BCUT2D eigenvalue weighted by atomic mass is 16.5.